The number of carbonyl (C=O) groups is 1. The molecule has 0 saturated carbocycles. The summed E-state index contributed by atoms with van der Waals surface area (Å²) in [7, 11) is -3.72. The highest BCUT2D eigenvalue weighted by Crippen LogP contribution is 2.32. The van der Waals surface area contributed by atoms with E-state index in [0.717, 1.165) is 11.1 Å². The van der Waals surface area contributed by atoms with Crippen LogP contribution in [0.2, 0.25) is 0 Å². The lowest BCUT2D eigenvalue weighted by Gasteiger charge is -2.20. The van der Waals surface area contributed by atoms with Gasteiger partial charge in [-0.3, -0.25) is 4.79 Å². The number of nitrogens with zero attached hydrogens (tertiary/aromatic N) is 1. The first-order chi connectivity index (χ1) is 11.0. The Hall–Kier alpha value is -1.34. The van der Waals surface area contributed by atoms with Crippen LogP contribution in [0.3, 0.4) is 0 Å². The van der Waals surface area contributed by atoms with Crippen molar-refractivity contribution in [2.75, 3.05) is 12.3 Å². The fourth-order valence-electron chi connectivity index (χ4n) is 2.46. The molecule has 7 heteroatoms. The van der Waals surface area contributed by atoms with Crippen molar-refractivity contribution in [3.8, 4) is 11.1 Å². The Morgan fingerprint density at radius 1 is 1.04 bits per heavy atom. The van der Waals surface area contributed by atoms with Gasteiger partial charge in [-0.2, -0.15) is 4.31 Å². The van der Waals surface area contributed by atoms with E-state index in [9.17, 15) is 13.2 Å². The largest absolute Gasteiger partial charge is 0.278 e. The third kappa shape index (κ3) is 3.30. The third-order valence-electron chi connectivity index (χ3n) is 3.61. The van der Waals surface area contributed by atoms with Crippen LogP contribution in [0.15, 0.2) is 59.5 Å². The van der Waals surface area contributed by atoms with E-state index in [1.807, 2.05) is 30.3 Å². The molecule has 1 saturated heterocycles. The zero-order valence-corrected chi connectivity index (χ0v) is 14.4. The molecule has 4 nitrogen and oxygen atoms in total. The van der Waals surface area contributed by atoms with Gasteiger partial charge in [-0.15, -0.1) is 11.8 Å². The van der Waals surface area contributed by atoms with E-state index in [4.69, 9.17) is 11.6 Å². The summed E-state index contributed by atoms with van der Waals surface area (Å²) >= 11 is 6.76. The van der Waals surface area contributed by atoms with Gasteiger partial charge in [0.25, 0.3) is 0 Å². The Balaban J connectivity index is 1.91. The molecule has 0 N–H and O–H groups in total. The van der Waals surface area contributed by atoms with Crippen molar-refractivity contribution in [1.29, 1.82) is 0 Å². The highest BCUT2D eigenvalue weighted by molar-refractivity contribution is 8.02. The van der Waals surface area contributed by atoms with E-state index in [1.165, 1.54) is 16.1 Å². The maximum Gasteiger partial charge on any atom is 0.250 e. The Kier molecular flexibility index (Phi) is 4.77. The van der Waals surface area contributed by atoms with Crippen LogP contribution in [0.4, 0.5) is 0 Å². The van der Waals surface area contributed by atoms with Crippen LogP contribution in [0, 0.1) is 0 Å². The normalized spacial score (nSPS) is 18.9. The predicted molar refractivity (Wildman–Crippen MR) is 92.9 cm³/mol. The second-order valence-electron chi connectivity index (χ2n) is 5.03. The first-order valence-corrected chi connectivity index (χ1v) is 9.85. The molecule has 0 radical (unpaired) electrons. The number of hydrogen-bond donors (Lipinski definition) is 0. The summed E-state index contributed by atoms with van der Waals surface area (Å²) in [6.45, 7) is 0.288. The fraction of sp³-hybridized carbons (Fsp3) is 0.188. The number of benzene rings is 2. The summed E-state index contributed by atoms with van der Waals surface area (Å²) in [6.07, 6.45) is 0. The van der Waals surface area contributed by atoms with Crippen LogP contribution >= 0.6 is 23.4 Å². The quantitative estimate of drug-likeness (QED) is 0.779. The maximum absolute atomic E-state index is 12.7. The number of carbonyl (C=O) groups excluding carboxylic acids is 1. The molecule has 1 aliphatic rings. The number of sulfonamides is 1. The average Bonchev–Trinajstić information content (AvgIpc) is 3.07. The minimum atomic E-state index is -3.72. The first kappa shape index (κ1) is 16.5. The fourth-order valence-corrected chi connectivity index (χ4v) is 5.83. The molecule has 0 spiro atoms. The molecule has 2 aromatic rings. The van der Waals surface area contributed by atoms with Gasteiger partial charge in [0.15, 0.2) is 0 Å². The molecule has 1 fully saturated rings. The molecule has 1 unspecified atom stereocenters. The van der Waals surface area contributed by atoms with Gasteiger partial charge in [-0.05, 0) is 34.9 Å². The summed E-state index contributed by atoms with van der Waals surface area (Å²) in [6, 6.07) is 16.4. The number of thioether (sulfide) groups is 1. The van der Waals surface area contributed by atoms with Crippen molar-refractivity contribution in [2.45, 2.75) is 10.3 Å². The van der Waals surface area contributed by atoms with Crippen LogP contribution in [0.25, 0.3) is 11.1 Å². The van der Waals surface area contributed by atoms with Gasteiger partial charge in [0.2, 0.25) is 15.3 Å². The molecule has 0 amide bonds. The zero-order valence-electron chi connectivity index (χ0n) is 12.1. The van der Waals surface area contributed by atoms with Gasteiger partial charge < -0.3 is 0 Å². The molecule has 23 heavy (non-hydrogen) atoms. The molecule has 3 rings (SSSR count). The van der Waals surface area contributed by atoms with Crippen molar-refractivity contribution in [1.82, 2.24) is 4.31 Å². The second-order valence-corrected chi connectivity index (χ2v) is 8.48. The van der Waals surface area contributed by atoms with Crippen LogP contribution < -0.4 is 0 Å². The monoisotopic (exact) mass is 367 g/mol. The molecule has 1 aliphatic heterocycles. The molecule has 1 atom stereocenters. The Bertz CT molecular complexity index is 807. The third-order valence-corrected chi connectivity index (χ3v) is 7.16. The van der Waals surface area contributed by atoms with E-state index in [1.54, 1.807) is 24.3 Å². The molecular formula is C16H14ClNO3S2. The molecule has 0 bridgehead atoms. The average molecular weight is 368 g/mol. The lowest BCUT2D eigenvalue weighted by atomic mass is 10.1. The number of hydrogen-bond acceptors (Lipinski definition) is 4. The minimum Gasteiger partial charge on any atom is -0.278 e. The SMILES string of the molecule is O=C(Cl)C1SCCN1S(=O)(=O)c1ccc(-c2ccccc2)cc1. The topological polar surface area (TPSA) is 54.5 Å². The molecule has 1 heterocycles. The van der Waals surface area contributed by atoms with Crippen molar-refractivity contribution < 1.29 is 13.2 Å². The van der Waals surface area contributed by atoms with E-state index in [2.05, 4.69) is 0 Å². The first-order valence-electron chi connectivity index (χ1n) is 6.98. The van der Waals surface area contributed by atoms with Gasteiger partial charge in [0.05, 0.1) is 4.90 Å². The smallest absolute Gasteiger partial charge is 0.250 e. The maximum atomic E-state index is 12.7. The van der Waals surface area contributed by atoms with Crippen LogP contribution in [0.1, 0.15) is 0 Å². The van der Waals surface area contributed by atoms with E-state index in [0.29, 0.717) is 5.75 Å². The van der Waals surface area contributed by atoms with Crippen molar-refractivity contribution in [3.05, 3.63) is 54.6 Å². The minimum absolute atomic E-state index is 0.169. The zero-order chi connectivity index (χ0) is 16.4. The van der Waals surface area contributed by atoms with Crippen molar-refractivity contribution in [3.63, 3.8) is 0 Å². The van der Waals surface area contributed by atoms with Gasteiger partial charge in [-0.1, -0.05) is 42.5 Å². The molecule has 120 valence electrons. The molecule has 2 aromatic carbocycles. The summed E-state index contributed by atoms with van der Waals surface area (Å²) in [5, 5.41) is -1.49. The summed E-state index contributed by atoms with van der Waals surface area (Å²) in [5.74, 6) is 0.560. The Morgan fingerprint density at radius 2 is 1.65 bits per heavy atom. The number of rotatable bonds is 4. The summed E-state index contributed by atoms with van der Waals surface area (Å²) in [4.78, 5) is 11.6. The lowest BCUT2D eigenvalue weighted by Crippen LogP contribution is -2.37. The lowest BCUT2D eigenvalue weighted by molar-refractivity contribution is -0.112. The van der Waals surface area contributed by atoms with E-state index < -0.39 is 20.6 Å². The molecular weight excluding hydrogens is 354 g/mol. The standard InChI is InChI=1S/C16H14ClNO3S2/c17-15(19)16-18(10-11-22-16)23(20,21)14-8-6-13(7-9-14)12-4-2-1-3-5-12/h1-9,16H,10-11H2. The highest BCUT2D eigenvalue weighted by Gasteiger charge is 2.39. The van der Waals surface area contributed by atoms with E-state index >= 15 is 0 Å². The summed E-state index contributed by atoms with van der Waals surface area (Å²) < 4.78 is 26.6. The highest BCUT2D eigenvalue weighted by atomic mass is 35.5. The van der Waals surface area contributed by atoms with Gasteiger partial charge >= 0.3 is 0 Å². The molecule has 0 aromatic heterocycles. The van der Waals surface area contributed by atoms with E-state index in [-0.39, 0.29) is 11.4 Å². The Morgan fingerprint density at radius 3 is 2.26 bits per heavy atom. The Labute approximate surface area is 144 Å². The van der Waals surface area contributed by atoms with Crippen LogP contribution in [0.5, 0.6) is 0 Å². The number of halogens is 1. The predicted octanol–water partition coefficient (Wildman–Crippen LogP) is 3.18. The summed E-state index contributed by atoms with van der Waals surface area (Å²) in [5.41, 5.74) is 1.95. The second kappa shape index (κ2) is 6.65. The van der Waals surface area contributed by atoms with Gasteiger partial charge in [0.1, 0.15) is 5.37 Å². The van der Waals surface area contributed by atoms with Crippen LogP contribution in [-0.4, -0.2) is 35.6 Å². The van der Waals surface area contributed by atoms with Gasteiger partial charge in [0, 0.05) is 12.3 Å². The van der Waals surface area contributed by atoms with Crippen LogP contribution in [-0.2, 0) is 14.8 Å². The van der Waals surface area contributed by atoms with Gasteiger partial charge in [-0.25, -0.2) is 8.42 Å². The van der Waals surface area contributed by atoms with Crippen molar-refractivity contribution >= 4 is 38.6 Å². The molecule has 0 aliphatic carbocycles. The van der Waals surface area contributed by atoms with Crippen molar-refractivity contribution in [2.24, 2.45) is 0 Å².